The average Bonchev–Trinajstić information content (AvgIpc) is 2.39. The van der Waals surface area contributed by atoms with Crippen molar-refractivity contribution in [1.29, 1.82) is 0 Å². The molecular weight excluding hydrogens is 242 g/mol. The molecule has 1 aromatic rings. The molecule has 0 unspecified atom stereocenters. The van der Waals surface area contributed by atoms with Gasteiger partial charge in [0.2, 0.25) is 0 Å². The molecule has 0 aliphatic carbocycles. The first-order chi connectivity index (χ1) is 8.31. The van der Waals surface area contributed by atoms with E-state index in [0.717, 1.165) is 24.6 Å². The van der Waals surface area contributed by atoms with Crippen LogP contribution in [0.1, 0.15) is 5.69 Å². The first-order valence-corrected chi connectivity index (χ1v) is 5.95. The van der Waals surface area contributed by atoms with Gasteiger partial charge in [0.1, 0.15) is 5.82 Å². The van der Waals surface area contributed by atoms with E-state index in [1.54, 1.807) is 26.6 Å². The third kappa shape index (κ3) is 4.85. The molecule has 0 fully saturated rings. The Bertz CT molecular complexity index is 300. The Morgan fingerprint density at radius 2 is 1.76 bits per heavy atom. The molecule has 0 N–H and O–H groups in total. The zero-order valence-electron chi connectivity index (χ0n) is 10.2. The van der Waals surface area contributed by atoms with Gasteiger partial charge in [0, 0.05) is 27.3 Å². The van der Waals surface area contributed by atoms with E-state index in [0.29, 0.717) is 19.1 Å². The van der Waals surface area contributed by atoms with E-state index < -0.39 is 0 Å². The number of anilines is 1. The number of hydrogen-bond acceptors (Lipinski definition) is 5. The van der Waals surface area contributed by atoms with Crippen LogP contribution in [0.15, 0.2) is 12.4 Å². The highest BCUT2D eigenvalue weighted by Crippen LogP contribution is 2.09. The minimum Gasteiger partial charge on any atom is -0.383 e. The Hall–Kier alpha value is -0.910. The Morgan fingerprint density at radius 3 is 2.18 bits per heavy atom. The molecule has 0 bridgehead atoms. The molecule has 17 heavy (non-hydrogen) atoms. The van der Waals surface area contributed by atoms with E-state index in [-0.39, 0.29) is 0 Å². The van der Waals surface area contributed by atoms with Crippen molar-refractivity contribution in [2.45, 2.75) is 5.88 Å². The van der Waals surface area contributed by atoms with Gasteiger partial charge in [-0.05, 0) is 0 Å². The maximum atomic E-state index is 5.67. The van der Waals surface area contributed by atoms with Crippen LogP contribution in [0, 0.1) is 0 Å². The molecule has 1 heterocycles. The van der Waals surface area contributed by atoms with Crippen molar-refractivity contribution >= 4 is 17.4 Å². The van der Waals surface area contributed by atoms with Crippen LogP contribution in [-0.4, -0.2) is 50.5 Å². The molecule has 1 rings (SSSR count). The Morgan fingerprint density at radius 1 is 1.12 bits per heavy atom. The van der Waals surface area contributed by atoms with Gasteiger partial charge in [0.25, 0.3) is 0 Å². The number of nitrogens with zero attached hydrogens (tertiary/aromatic N) is 3. The second kappa shape index (κ2) is 8.22. The lowest BCUT2D eigenvalue weighted by molar-refractivity contribution is 0.190. The second-order valence-corrected chi connectivity index (χ2v) is 3.74. The quantitative estimate of drug-likeness (QED) is 0.659. The van der Waals surface area contributed by atoms with E-state index in [2.05, 4.69) is 14.9 Å². The third-order valence-corrected chi connectivity index (χ3v) is 2.56. The fourth-order valence-corrected chi connectivity index (χ4v) is 1.46. The van der Waals surface area contributed by atoms with Gasteiger partial charge < -0.3 is 14.4 Å². The van der Waals surface area contributed by atoms with Gasteiger partial charge >= 0.3 is 0 Å². The summed E-state index contributed by atoms with van der Waals surface area (Å²) in [5.74, 6) is 1.19. The molecule has 96 valence electrons. The number of aromatic nitrogens is 2. The van der Waals surface area contributed by atoms with E-state index in [4.69, 9.17) is 21.1 Å². The molecule has 0 saturated heterocycles. The van der Waals surface area contributed by atoms with Crippen LogP contribution < -0.4 is 4.90 Å². The van der Waals surface area contributed by atoms with Crippen LogP contribution in [-0.2, 0) is 15.4 Å². The number of hydrogen-bond donors (Lipinski definition) is 0. The summed E-state index contributed by atoms with van der Waals surface area (Å²) < 4.78 is 10.1. The SMILES string of the molecule is COCCN(CCOC)c1cnc(CCl)cn1. The maximum absolute atomic E-state index is 5.67. The summed E-state index contributed by atoms with van der Waals surface area (Å²) in [6.07, 6.45) is 3.41. The van der Waals surface area contributed by atoms with Crippen LogP contribution in [0.3, 0.4) is 0 Å². The van der Waals surface area contributed by atoms with E-state index in [1.165, 1.54) is 0 Å². The zero-order chi connectivity index (χ0) is 12.5. The molecule has 0 aromatic carbocycles. The van der Waals surface area contributed by atoms with Gasteiger partial charge in [0.05, 0.1) is 37.2 Å². The fourth-order valence-electron chi connectivity index (χ4n) is 1.32. The molecule has 0 aliphatic rings. The number of methoxy groups -OCH3 is 2. The van der Waals surface area contributed by atoms with Crippen molar-refractivity contribution in [3.63, 3.8) is 0 Å². The summed E-state index contributed by atoms with van der Waals surface area (Å²) in [4.78, 5) is 10.6. The third-order valence-electron chi connectivity index (χ3n) is 2.28. The normalized spacial score (nSPS) is 10.5. The molecule has 0 aliphatic heterocycles. The molecule has 0 atom stereocenters. The number of ether oxygens (including phenoxy) is 2. The lowest BCUT2D eigenvalue weighted by Gasteiger charge is -2.22. The highest BCUT2D eigenvalue weighted by molar-refractivity contribution is 6.16. The summed E-state index contributed by atoms with van der Waals surface area (Å²) in [6.45, 7) is 2.80. The summed E-state index contributed by atoms with van der Waals surface area (Å²) in [7, 11) is 3.35. The van der Waals surface area contributed by atoms with Crippen molar-refractivity contribution in [1.82, 2.24) is 9.97 Å². The molecule has 6 heteroatoms. The smallest absolute Gasteiger partial charge is 0.147 e. The van der Waals surface area contributed by atoms with Crippen molar-refractivity contribution < 1.29 is 9.47 Å². The van der Waals surface area contributed by atoms with Crippen molar-refractivity contribution in [2.75, 3.05) is 45.4 Å². The average molecular weight is 260 g/mol. The summed E-state index contributed by atoms with van der Waals surface area (Å²) in [6, 6.07) is 0. The summed E-state index contributed by atoms with van der Waals surface area (Å²) in [5.41, 5.74) is 0.772. The van der Waals surface area contributed by atoms with Gasteiger partial charge in [-0.15, -0.1) is 11.6 Å². The topological polar surface area (TPSA) is 47.5 Å². The van der Waals surface area contributed by atoms with Gasteiger partial charge in [0.15, 0.2) is 0 Å². The molecular formula is C11H18ClN3O2. The van der Waals surface area contributed by atoms with E-state index in [1.807, 2.05) is 0 Å². The first-order valence-electron chi connectivity index (χ1n) is 5.41. The Labute approximate surface area is 107 Å². The largest absolute Gasteiger partial charge is 0.383 e. The number of alkyl halides is 1. The molecule has 0 amide bonds. The maximum Gasteiger partial charge on any atom is 0.147 e. The van der Waals surface area contributed by atoms with Crippen LogP contribution in [0.5, 0.6) is 0 Å². The van der Waals surface area contributed by atoms with Crippen molar-refractivity contribution in [3.8, 4) is 0 Å². The lowest BCUT2D eigenvalue weighted by Crippen LogP contribution is -2.31. The number of halogens is 1. The molecule has 1 aromatic heterocycles. The van der Waals surface area contributed by atoms with E-state index in [9.17, 15) is 0 Å². The van der Waals surface area contributed by atoms with Gasteiger partial charge in [-0.1, -0.05) is 0 Å². The summed E-state index contributed by atoms with van der Waals surface area (Å²) in [5, 5.41) is 0. The van der Waals surface area contributed by atoms with Crippen LogP contribution >= 0.6 is 11.6 Å². The van der Waals surface area contributed by atoms with Gasteiger partial charge in [-0.3, -0.25) is 4.98 Å². The fraction of sp³-hybridized carbons (Fsp3) is 0.636. The summed E-state index contributed by atoms with van der Waals surface area (Å²) >= 11 is 5.67. The highest BCUT2D eigenvalue weighted by atomic mass is 35.5. The van der Waals surface area contributed by atoms with Crippen molar-refractivity contribution in [3.05, 3.63) is 18.1 Å². The molecule has 0 radical (unpaired) electrons. The van der Waals surface area contributed by atoms with Crippen LogP contribution in [0.4, 0.5) is 5.82 Å². The van der Waals surface area contributed by atoms with Crippen LogP contribution in [0.25, 0.3) is 0 Å². The van der Waals surface area contributed by atoms with E-state index >= 15 is 0 Å². The highest BCUT2D eigenvalue weighted by Gasteiger charge is 2.07. The zero-order valence-corrected chi connectivity index (χ0v) is 11.0. The minimum absolute atomic E-state index is 0.378. The Balaban J connectivity index is 2.65. The van der Waals surface area contributed by atoms with Crippen LogP contribution in [0.2, 0.25) is 0 Å². The predicted octanol–water partition coefficient (Wildman–Crippen LogP) is 1.31. The second-order valence-electron chi connectivity index (χ2n) is 3.47. The first kappa shape index (κ1) is 14.2. The Kier molecular flexibility index (Phi) is 6.84. The van der Waals surface area contributed by atoms with Gasteiger partial charge in [-0.2, -0.15) is 0 Å². The monoisotopic (exact) mass is 259 g/mol. The minimum atomic E-state index is 0.378. The van der Waals surface area contributed by atoms with Gasteiger partial charge in [-0.25, -0.2) is 4.98 Å². The molecule has 5 nitrogen and oxygen atoms in total. The predicted molar refractivity (Wildman–Crippen MR) is 67.6 cm³/mol. The number of rotatable bonds is 8. The standard InChI is InChI=1S/C11H18ClN3O2/c1-16-5-3-15(4-6-17-2)11-9-13-10(7-12)8-14-11/h8-9H,3-7H2,1-2H3. The molecule has 0 spiro atoms. The lowest BCUT2D eigenvalue weighted by atomic mass is 10.4. The van der Waals surface area contributed by atoms with Crippen molar-refractivity contribution in [2.24, 2.45) is 0 Å². The molecule has 0 saturated carbocycles.